The van der Waals surface area contributed by atoms with Crippen molar-refractivity contribution in [3.05, 3.63) is 36.3 Å². The van der Waals surface area contributed by atoms with Crippen LogP contribution in [0.3, 0.4) is 0 Å². The lowest BCUT2D eigenvalue weighted by Crippen LogP contribution is -2.34. The van der Waals surface area contributed by atoms with Gasteiger partial charge in [0.1, 0.15) is 17.3 Å². The first-order valence-corrected chi connectivity index (χ1v) is 9.15. The van der Waals surface area contributed by atoms with Crippen molar-refractivity contribution in [3.8, 4) is 0 Å². The molecule has 5 nitrogen and oxygen atoms in total. The molecule has 0 atom stereocenters. The predicted molar refractivity (Wildman–Crippen MR) is 105 cm³/mol. The number of hydrogen-bond donors (Lipinski definition) is 2. The van der Waals surface area contributed by atoms with Gasteiger partial charge < -0.3 is 15.0 Å². The number of nitrogens with one attached hydrogen (secondary N) is 2. The number of hydrogen-bond acceptors (Lipinski definition) is 3. The van der Waals surface area contributed by atoms with E-state index >= 15 is 0 Å². The molecular formula is C20H28FN3O2. The number of carbonyl (C=O) groups is 1. The van der Waals surface area contributed by atoms with E-state index < -0.39 is 0 Å². The topological polar surface area (TPSA) is 57.4 Å². The number of carbonyl (C=O) groups excluding carboxylic acids is 1. The maximum Gasteiger partial charge on any atom is 0.238 e. The lowest BCUT2D eigenvalue weighted by atomic mass is 10.2. The number of H-pyrrole nitrogens is 1. The van der Waals surface area contributed by atoms with Gasteiger partial charge in [-0.1, -0.05) is 20.4 Å². The average molecular weight is 361 g/mol. The van der Waals surface area contributed by atoms with Crippen molar-refractivity contribution in [2.24, 2.45) is 0 Å². The van der Waals surface area contributed by atoms with Crippen molar-refractivity contribution >= 4 is 28.3 Å². The summed E-state index contributed by atoms with van der Waals surface area (Å²) in [4.78, 5) is 17.9. The van der Waals surface area contributed by atoms with Crippen LogP contribution >= 0.6 is 0 Å². The molecule has 0 aliphatic heterocycles. The molecule has 0 unspecified atom stereocenters. The zero-order valence-electron chi connectivity index (χ0n) is 15.8. The lowest BCUT2D eigenvalue weighted by Gasteiger charge is -2.20. The number of fused-ring (bicyclic) bond motifs is 1. The number of aromatic amines is 1. The highest BCUT2D eigenvalue weighted by Crippen LogP contribution is 2.32. The zero-order chi connectivity index (χ0) is 19.1. The Hall–Kier alpha value is -2.34. The van der Waals surface area contributed by atoms with Crippen LogP contribution in [0.2, 0.25) is 0 Å². The van der Waals surface area contributed by atoms with Gasteiger partial charge in [0.05, 0.1) is 18.8 Å². The third kappa shape index (κ3) is 4.85. The Balaban J connectivity index is 2.30. The normalized spacial score (nSPS) is 11.1. The van der Waals surface area contributed by atoms with Crippen LogP contribution in [0.4, 0.5) is 10.1 Å². The van der Waals surface area contributed by atoms with Gasteiger partial charge in [-0.3, -0.25) is 9.69 Å². The number of aromatic nitrogens is 1. The van der Waals surface area contributed by atoms with E-state index in [2.05, 4.69) is 35.6 Å². The van der Waals surface area contributed by atoms with Gasteiger partial charge in [0.2, 0.25) is 5.91 Å². The van der Waals surface area contributed by atoms with Crippen molar-refractivity contribution in [3.63, 3.8) is 0 Å². The lowest BCUT2D eigenvalue weighted by molar-refractivity contribution is -0.117. The van der Waals surface area contributed by atoms with Crippen molar-refractivity contribution in [1.29, 1.82) is 0 Å². The molecule has 2 aromatic rings. The number of anilines is 1. The van der Waals surface area contributed by atoms with E-state index in [0.717, 1.165) is 31.4 Å². The second-order valence-corrected chi connectivity index (χ2v) is 6.25. The molecule has 1 aromatic heterocycles. The summed E-state index contributed by atoms with van der Waals surface area (Å²) in [5.41, 5.74) is 1.80. The first-order chi connectivity index (χ1) is 12.5. The molecular weight excluding hydrogens is 333 g/mol. The van der Waals surface area contributed by atoms with Crippen LogP contribution in [-0.2, 0) is 9.53 Å². The van der Waals surface area contributed by atoms with E-state index in [-0.39, 0.29) is 11.7 Å². The second-order valence-electron chi connectivity index (χ2n) is 6.25. The summed E-state index contributed by atoms with van der Waals surface area (Å²) in [6.45, 7) is 12.4. The molecule has 142 valence electrons. The van der Waals surface area contributed by atoms with E-state index in [4.69, 9.17) is 4.74 Å². The van der Waals surface area contributed by atoms with Crippen molar-refractivity contribution in [2.75, 3.05) is 31.6 Å². The Kier molecular flexibility index (Phi) is 7.21. The highest BCUT2D eigenvalue weighted by molar-refractivity contribution is 6.06. The first kappa shape index (κ1) is 20.0. The minimum atomic E-state index is -0.362. The second kappa shape index (κ2) is 9.38. The molecule has 6 heteroatoms. The van der Waals surface area contributed by atoms with Crippen molar-refractivity contribution in [1.82, 2.24) is 9.88 Å². The molecule has 2 N–H and O–H groups in total. The van der Waals surface area contributed by atoms with E-state index in [1.165, 1.54) is 12.1 Å². The van der Waals surface area contributed by atoms with Gasteiger partial charge in [-0.05, 0) is 51.1 Å². The van der Waals surface area contributed by atoms with Crippen molar-refractivity contribution in [2.45, 2.75) is 33.6 Å². The highest BCUT2D eigenvalue weighted by atomic mass is 19.1. The molecule has 0 aliphatic rings. The van der Waals surface area contributed by atoms with Gasteiger partial charge in [-0.15, -0.1) is 0 Å². The molecule has 1 amide bonds. The molecule has 0 radical (unpaired) electrons. The van der Waals surface area contributed by atoms with Crippen LogP contribution in [0.5, 0.6) is 0 Å². The molecule has 2 rings (SSSR count). The van der Waals surface area contributed by atoms with Gasteiger partial charge in [-0.2, -0.15) is 0 Å². The van der Waals surface area contributed by atoms with E-state index in [1.807, 2.05) is 6.92 Å². The smallest absolute Gasteiger partial charge is 0.238 e. The fourth-order valence-electron chi connectivity index (χ4n) is 3.03. The third-order valence-corrected chi connectivity index (χ3v) is 4.07. The van der Waals surface area contributed by atoms with Crippen LogP contribution < -0.4 is 5.32 Å². The molecule has 0 bridgehead atoms. The monoisotopic (exact) mass is 361 g/mol. The standard InChI is InChI=1S/C20H28FN3O2/c1-5-10-24(11-6-2)13-18(25)23-20-16-12-15(21)8-9-17(16)22-19(20)14(4)26-7-3/h8-9,12,22H,4-7,10-11,13H2,1-3H3,(H,23,25). The summed E-state index contributed by atoms with van der Waals surface area (Å²) < 4.78 is 19.2. The Morgan fingerprint density at radius 3 is 2.58 bits per heavy atom. The molecule has 0 saturated carbocycles. The summed E-state index contributed by atoms with van der Waals surface area (Å²) in [7, 11) is 0. The molecule has 26 heavy (non-hydrogen) atoms. The van der Waals surface area contributed by atoms with Gasteiger partial charge in [-0.25, -0.2) is 4.39 Å². The van der Waals surface area contributed by atoms with E-state index in [0.29, 0.717) is 35.7 Å². The minimum Gasteiger partial charge on any atom is -0.492 e. The minimum absolute atomic E-state index is 0.136. The summed E-state index contributed by atoms with van der Waals surface area (Å²) in [6.07, 6.45) is 1.97. The van der Waals surface area contributed by atoms with Crippen LogP contribution in [0, 0.1) is 5.82 Å². The molecule has 0 aliphatic carbocycles. The number of amides is 1. The highest BCUT2D eigenvalue weighted by Gasteiger charge is 2.19. The maximum absolute atomic E-state index is 13.7. The van der Waals surface area contributed by atoms with Gasteiger partial charge >= 0.3 is 0 Å². The fraction of sp³-hybridized carbons (Fsp3) is 0.450. The van der Waals surface area contributed by atoms with Crippen LogP contribution in [-0.4, -0.2) is 42.0 Å². The maximum atomic E-state index is 13.7. The third-order valence-electron chi connectivity index (χ3n) is 4.07. The van der Waals surface area contributed by atoms with Crippen LogP contribution in [0.1, 0.15) is 39.3 Å². The molecule has 0 spiro atoms. The Morgan fingerprint density at radius 1 is 1.27 bits per heavy atom. The summed E-state index contributed by atoms with van der Waals surface area (Å²) in [6, 6.07) is 4.42. The van der Waals surface area contributed by atoms with Gasteiger partial charge in [0.15, 0.2) is 0 Å². The summed E-state index contributed by atoms with van der Waals surface area (Å²) in [5.74, 6) is -0.0832. The van der Waals surface area contributed by atoms with E-state index in [9.17, 15) is 9.18 Å². The average Bonchev–Trinajstić information content (AvgIpc) is 2.93. The molecule has 0 saturated heterocycles. The largest absolute Gasteiger partial charge is 0.492 e. The van der Waals surface area contributed by atoms with Gasteiger partial charge in [0, 0.05) is 10.9 Å². The SMILES string of the molecule is C=C(OCC)c1[nH]c2ccc(F)cc2c1NC(=O)CN(CCC)CCC. The van der Waals surface area contributed by atoms with Crippen LogP contribution in [0.25, 0.3) is 16.7 Å². The number of nitrogens with zero attached hydrogens (tertiary/aromatic N) is 1. The quantitative estimate of drug-likeness (QED) is 0.618. The number of benzene rings is 1. The summed E-state index contributed by atoms with van der Waals surface area (Å²) in [5, 5.41) is 3.53. The summed E-state index contributed by atoms with van der Waals surface area (Å²) >= 11 is 0. The van der Waals surface area contributed by atoms with E-state index in [1.54, 1.807) is 6.07 Å². The Labute approximate surface area is 154 Å². The number of halogens is 1. The predicted octanol–water partition coefficient (Wildman–Crippen LogP) is 4.37. The van der Waals surface area contributed by atoms with Gasteiger partial charge in [0.25, 0.3) is 0 Å². The van der Waals surface area contributed by atoms with Crippen molar-refractivity contribution < 1.29 is 13.9 Å². The molecule has 0 fully saturated rings. The first-order valence-electron chi connectivity index (χ1n) is 9.15. The zero-order valence-corrected chi connectivity index (χ0v) is 15.8. The molecule has 1 heterocycles. The molecule has 1 aromatic carbocycles. The number of rotatable bonds is 10. The Morgan fingerprint density at radius 2 is 1.96 bits per heavy atom. The number of ether oxygens (including phenoxy) is 1. The fourth-order valence-corrected chi connectivity index (χ4v) is 3.03. The Bertz CT molecular complexity index is 764. The van der Waals surface area contributed by atoms with Crippen LogP contribution in [0.15, 0.2) is 24.8 Å².